The number of hydrogen-bond acceptors (Lipinski definition) is 5. The molecule has 0 aromatic rings. The average Bonchev–Trinajstić information content (AvgIpc) is 1.82. The Labute approximate surface area is 58.3 Å². The topological polar surface area (TPSA) is 120 Å². The van der Waals surface area contributed by atoms with Crippen LogP contribution in [0.5, 0.6) is 0 Å². The van der Waals surface area contributed by atoms with Crippen molar-refractivity contribution < 1.29 is 20.1 Å². The van der Waals surface area contributed by atoms with Gasteiger partial charge in [-0.15, -0.1) is 0 Å². The van der Waals surface area contributed by atoms with Crippen molar-refractivity contribution in [1.29, 1.82) is 0 Å². The number of carbonyl (C=O) groups excluding carboxylic acids is 1. The summed E-state index contributed by atoms with van der Waals surface area (Å²) < 4.78 is 0. The summed E-state index contributed by atoms with van der Waals surface area (Å²) in [5.74, 6) is -1.32. The predicted molar refractivity (Wildman–Crippen MR) is 31.9 cm³/mol. The minimum Gasteiger partial charge on any atom is -0.549 e. The molecule has 6 heteroatoms. The minimum absolute atomic E-state index is 0. The molecule has 10 heavy (non-hydrogen) atoms. The number of aliphatic carboxylic acids is 1. The van der Waals surface area contributed by atoms with Crippen LogP contribution >= 0.6 is 0 Å². The number of aliphatic hydroxyl groups is 2. The zero-order valence-corrected chi connectivity index (χ0v) is 5.78. The Bertz CT molecular complexity index is 93.3. The quantitative estimate of drug-likeness (QED) is 0.379. The maximum atomic E-state index is 9.75. The van der Waals surface area contributed by atoms with Crippen LogP contribution in [-0.2, 0) is 4.79 Å². The van der Waals surface area contributed by atoms with Gasteiger partial charge in [-0.3, -0.25) is 4.90 Å². The molecule has 0 radical (unpaired) electrons. The molecule has 0 aromatic carbocycles. The van der Waals surface area contributed by atoms with E-state index in [2.05, 4.69) is 0 Å². The first-order valence-corrected chi connectivity index (χ1v) is 2.34. The van der Waals surface area contributed by atoms with Crippen LogP contribution in [-0.4, -0.2) is 41.1 Å². The van der Waals surface area contributed by atoms with Gasteiger partial charge in [-0.05, 0) is 0 Å². The summed E-state index contributed by atoms with van der Waals surface area (Å²) in [7, 11) is 0. The number of rotatable bonds is 4. The third-order valence-corrected chi connectivity index (χ3v) is 0.753. The fraction of sp³-hybridized carbons (Fsp3) is 0.750. The molecular weight excluding hydrogens is 140 g/mol. The van der Waals surface area contributed by atoms with Gasteiger partial charge in [0.25, 0.3) is 0 Å². The van der Waals surface area contributed by atoms with Gasteiger partial charge in [0.1, 0.15) is 0 Å². The Morgan fingerprint density at radius 1 is 1.40 bits per heavy atom. The van der Waals surface area contributed by atoms with Gasteiger partial charge in [-0.2, -0.15) is 0 Å². The van der Waals surface area contributed by atoms with E-state index >= 15 is 0 Å². The number of quaternary nitrogens is 1. The van der Waals surface area contributed by atoms with Crippen molar-refractivity contribution in [2.24, 2.45) is 0 Å². The van der Waals surface area contributed by atoms with E-state index in [0.29, 0.717) is 0 Å². The molecule has 0 bridgehead atoms. The summed E-state index contributed by atoms with van der Waals surface area (Å²) >= 11 is 0. The van der Waals surface area contributed by atoms with E-state index in [0.717, 1.165) is 4.90 Å². The van der Waals surface area contributed by atoms with Crippen molar-refractivity contribution in [2.75, 3.05) is 20.0 Å². The maximum Gasteiger partial charge on any atom is 0.0977 e. The van der Waals surface area contributed by atoms with E-state index in [1.54, 1.807) is 0 Å². The zero-order valence-electron chi connectivity index (χ0n) is 5.78. The van der Waals surface area contributed by atoms with E-state index in [9.17, 15) is 9.90 Å². The van der Waals surface area contributed by atoms with Crippen molar-refractivity contribution in [2.45, 2.75) is 0 Å². The van der Waals surface area contributed by atoms with Crippen molar-refractivity contribution in [3.8, 4) is 0 Å². The molecule has 0 saturated carbocycles. The molecule has 0 atom stereocenters. The fourth-order valence-electron chi connectivity index (χ4n) is 0.327. The second-order valence-electron chi connectivity index (χ2n) is 1.48. The van der Waals surface area contributed by atoms with Crippen LogP contribution in [0, 0.1) is 0 Å². The summed E-state index contributed by atoms with van der Waals surface area (Å²) in [6, 6.07) is 0. The SMILES string of the molecule is O=C([O-])CN(CO)CO.[NH4+]. The Morgan fingerprint density at radius 2 is 1.80 bits per heavy atom. The van der Waals surface area contributed by atoms with Gasteiger partial charge in [0.2, 0.25) is 0 Å². The average molecular weight is 152 g/mol. The molecule has 0 heterocycles. The third-order valence-electron chi connectivity index (χ3n) is 0.753. The normalized spacial score (nSPS) is 9.10. The smallest absolute Gasteiger partial charge is 0.0977 e. The minimum atomic E-state index is -1.32. The summed E-state index contributed by atoms with van der Waals surface area (Å²) in [5, 5.41) is 26.3. The number of carboxylic acid groups (broad SMARTS) is 1. The number of nitrogens with zero attached hydrogens (tertiary/aromatic N) is 1. The van der Waals surface area contributed by atoms with Gasteiger partial charge >= 0.3 is 0 Å². The molecule has 0 aromatic heterocycles. The second kappa shape index (κ2) is 6.43. The lowest BCUT2D eigenvalue weighted by atomic mass is 10.6. The summed E-state index contributed by atoms with van der Waals surface area (Å²) in [5.41, 5.74) is 0. The lowest BCUT2D eigenvalue weighted by Crippen LogP contribution is -2.38. The Balaban J connectivity index is 0. The Kier molecular flexibility index (Phi) is 7.74. The van der Waals surface area contributed by atoms with Crippen LogP contribution in [0.4, 0.5) is 0 Å². The van der Waals surface area contributed by atoms with E-state index in [4.69, 9.17) is 10.2 Å². The maximum absolute atomic E-state index is 9.75. The lowest BCUT2D eigenvalue weighted by molar-refractivity contribution is -0.307. The Hall–Kier alpha value is -0.690. The largest absolute Gasteiger partial charge is 0.549 e. The van der Waals surface area contributed by atoms with Gasteiger partial charge in [-0.1, -0.05) is 0 Å². The van der Waals surface area contributed by atoms with Gasteiger partial charge in [0.05, 0.1) is 19.4 Å². The van der Waals surface area contributed by atoms with Crippen molar-refractivity contribution >= 4 is 5.97 Å². The molecule has 6 nitrogen and oxygen atoms in total. The van der Waals surface area contributed by atoms with E-state index in [-0.39, 0.29) is 6.15 Å². The van der Waals surface area contributed by atoms with E-state index in [1.165, 1.54) is 0 Å². The first kappa shape index (κ1) is 12.0. The Morgan fingerprint density at radius 3 is 1.90 bits per heavy atom. The van der Waals surface area contributed by atoms with Crippen molar-refractivity contribution in [3.63, 3.8) is 0 Å². The van der Waals surface area contributed by atoms with Gasteiger partial charge in [0, 0.05) is 6.54 Å². The zero-order chi connectivity index (χ0) is 7.28. The van der Waals surface area contributed by atoms with Gasteiger partial charge in [-0.25, -0.2) is 0 Å². The molecule has 0 aliphatic heterocycles. The van der Waals surface area contributed by atoms with Crippen molar-refractivity contribution in [3.05, 3.63) is 0 Å². The van der Waals surface area contributed by atoms with Crippen LogP contribution in [0.2, 0.25) is 0 Å². The number of carboxylic acids is 1. The van der Waals surface area contributed by atoms with Crippen LogP contribution < -0.4 is 11.3 Å². The first-order chi connectivity index (χ1) is 4.20. The highest BCUT2D eigenvalue weighted by Gasteiger charge is 1.98. The molecule has 0 spiro atoms. The molecule has 62 valence electrons. The fourth-order valence-corrected chi connectivity index (χ4v) is 0.327. The molecule has 0 aliphatic rings. The molecule has 0 rings (SSSR count). The van der Waals surface area contributed by atoms with Crippen LogP contribution in [0.15, 0.2) is 0 Å². The van der Waals surface area contributed by atoms with Crippen molar-refractivity contribution in [1.82, 2.24) is 11.1 Å². The molecule has 0 fully saturated rings. The molecule has 0 unspecified atom stereocenters. The van der Waals surface area contributed by atoms with Crippen LogP contribution in [0.1, 0.15) is 0 Å². The monoisotopic (exact) mass is 152 g/mol. The lowest BCUT2D eigenvalue weighted by Gasteiger charge is -2.15. The van der Waals surface area contributed by atoms with E-state index in [1.807, 2.05) is 0 Å². The summed E-state index contributed by atoms with van der Waals surface area (Å²) in [4.78, 5) is 10.7. The molecule has 0 amide bonds. The molecule has 6 N–H and O–H groups in total. The highest BCUT2D eigenvalue weighted by Crippen LogP contribution is 1.78. The number of hydrogen-bond donors (Lipinski definition) is 3. The standard InChI is InChI=1S/C4H9NO4.H3N/c6-2-5(3-7)1-4(8)9;/h6-7H,1-3H2,(H,8,9);1H3. The van der Waals surface area contributed by atoms with Gasteiger partial charge < -0.3 is 26.3 Å². The second-order valence-corrected chi connectivity index (χ2v) is 1.48. The van der Waals surface area contributed by atoms with Gasteiger partial charge in [0.15, 0.2) is 0 Å². The summed E-state index contributed by atoms with van der Waals surface area (Å²) in [6.07, 6.45) is 0. The van der Waals surface area contributed by atoms with E-state index < -0.39 is 26.0 Å². The molecule has 0 saturated heterocycles. The number of carbonyl (C=O) groups is 1. The number of aliphatic hydroxyl groups excluding tert-OH is 2. The molecule has 0 aliphatic carbocycles. The third kappa shape index (κ3) is 5.45. The predicted octanol–water partition coefficient (Wildman–Crippen LogP) is -2.69. The highest BCUT2D eigenvalue weighted by atomic mass is 16.4. The highest BCUT2D eigenvalue weighted by molar-refractivity contribution is 5.66. The first-order valence-electron chi connectivity index (χ1n) is 2.34. The molecular formula is C4H12N2O4. The summed E-state index contributed by atoms with van der Waals surface area (Å²) in [6.45, 7) is -1.41. The van der Waals surface area contributed by atoms with Crippen LogP contribution in [0.3, 0.4) is 0 Å². The van der Waals surface area contributed by atoms with Crippen LogP contribution in [0.25, 0.3) is 0 Å².